The zero-order valence-electron chi connectivity index (χ0n) is 41.7. The first kappa shape index (κ1) is 45.6. The van der Waals surface area contributed by atoms with Gasteiger partial charge in [-0.25, -0.2) is 9.59 Å². The maximum absolute atomic E-state index is 13.3. The second-order valence-electron chi connectivity index (χ2n) is 19.7. The van der Waals surface area contributed by atoms with Crippen molar-refractivity contribution >= 4 is 65.6 Å². The van der Waals surface area contributed by atoms with Crippen LogP contribution in [0.5, 0.6) is 0 Å². The van der Waals surface area contributed by atoms with Gasteiger partial charge in [0.15, 0.2) is 0 Å². The van der Waals surface area contributed by atoms with E-state index in [2.05, 4.69) is 150 Å². The molecular weight excluding hydrogens is 949 g/mol. The number of nitrogens with zero attached hydrogens (tertiary/aromatic N) is 4. The molecular formula is C69H46N4O4. The molecule has 366 valence electrons. The topological polar surface area (TPSA) is 104 Å². The smallest absolute Gasteiger partial charge is 0.345 e. The number of aryl methyl sites for hydroxylation is 4. The third-order valence-corrected chi connectivity index (χ3v) is 15.0. The number of hydrogen-bond acceptors (Lipinski definition) is 7. The van der Waals surface area contributed by atoms with Crippen molar-refractivity contribution in [2.75, 3.05) is 0 Å². The molecule has 0 spiro atoms. The van der Waals surface area contributed by atoms with Crippen molar-refractivity contribution in [3.05, 3.63) is 274 Å². The highest BCUT2D eigenvalue weighted by molar-refractivity contribution is 6.11. The number of pyridine rings is 3. The van der Waals surface area contributed by atoms with Gasteiger partial charge in [-0.15, -0.1) is 0 Å². The molecule has 8 aromatic carbocycles. The minimum Gasteiger partial charge on any atom is -0.422 e. The van der Waals surface area contributed by atoms with E-state index in [1.165, 1.54) is 10.8 Å². The van der Waals surface area contributed by atoms with Crippen LogP contribution in [-0.4, -0.2) is 19.5 Å². The molecule has 14 aromatic rings. The van der Waals surface area contributed by atoms with E-state index in [0.29, 0.717) is 58.7 Å². The summed E-state index contributed by atoms with van der Waals surface area (Å²) in [7, 11) is 0. The number of hydrogen-bond donors (Lipinski definition) is 0. The van der Waals surface area contributed by atoms with Crippen LogP contribution in [0.2, 0.25) is 0 Å². The van der Waals surface area contributed by atoms with Crippen LogP contribution in [-0.2, 0) is 25.7 Å². The molecule has 6 heterocycles. The molecule has 0 aliphatic rings. The van der Waals surface area contributed by atoms with Gasteiger partial charge in [0.1, 0.15) is 11.2 Å². The van der Waals surface area contributed by atoms with Gasteiger partial charge in [-0.1, -0.05) is 140 Å². The largest absolute Gasteiger partial charge is 0.422 e. The molecule has 77 heavy (non-hydrogen) atoms. The molecule has 0 radical (unpaired) electrons. The van der Waals surface area contributed by atoms with Gasteiger partial charge in [-0.2, -0.15) is 0 Å². The van der Waals surface area contributed by atoms with Crippen molar-refractivity contribution in [2.45, 2.75) is 25.7 Å². The van der Waals surface area contributed by atoms with Crippen molar-refractivity contribution in [3.63, 3.8) is 0 Å². The fraction of sp³-hybridized carbons (Fsp3) is 0.0580. The lowest BCUT2D eigenvalue weighted by atomic mass is 9.87. The first-order chi connectivity index (χ1) is 38.0. The van der Waals surface area contributed by atoms with Crippen LogP contribution in [0.3, 0.4) is 0 Å². The fourth-order valence-electron chi connectivity index (χ4n) is 11.3. The lowest BCUT2D eigenvalue weighted by Gasteiger charge is -2.18. The Morgan fingerprint density at radius 2 is 0.870 bits per heavy atom. The number of para-hydroxylation sites is 4. The molecule has 0 saturated carbocycles. The van der Waals surface area contributed by atoms with Gasteiger partial charge in [0.2, 0.25) is 0 Å². The maximum Gasteiger partial charge on any atom is 0.345 e. The molecule has 0 fully saturated rings. The Bertz CT molecular complexity index is 4600. The van der Waals surface area contributed by atoms with Gasteiger partial charge in [0.25, 0.3) is 0 Å². The Kier molecular flexibility index (Phi) is 11.3. The molecule has 14 rings (SSSR count). The van der Waals surface area contributed by atoms with Crippen molar-refractivity contribution in [2.24, 2.45) is 0 Å². The highest BCUT2D eigenvalue weighted by Crippen LogP contribution is 2.42. The van der Waals surface area contributed by atoms with Crippen molar-refractivity contribution < 1.29 is 8.83 Å². The average molecular weight is 995 g/mol. The van der Waals surface area contributed by atoms with Gasteiger partial charge in [0.05, 0.1) is 38.5 Å². The van der Waals surface area contributed by atoms with E-state index >= 15 is 0 Å². The molecule has 0 saturated heterocycles. The summed E-state index contributed by atoms with van der Waals surface area (Å²) >= 11 is 0. The summed E-state index contributed by atoms with van der Waals surface area (Å²) in [5, 5.41) is 4.92. The van der Waals surface area contributed by atoms with E-state index < -0.39 is 11.3 Å². The quantitative estimate of drug-likeness (QED) is 0.0939. The highest BCUT2D eigenvalue weighted by Gasteiger charge is 2.20. The summed E-state index contributed by atoms with van der Waals surface area (Å²) in [6.07, 6.45) is 8.48. The Hall–Kier alpha value is -10.1. The van der Waals surface area contributed by atoms with Crippen LogP contribution in [0.1, 0.15) is 22.3 Å². The van der Waals surface area contributed by atoms with Crippen LogP contribution in [0, 0.1) is 0 Å². The summed E-state index contributed by atoms with van der Waals surface area (Å²) in [5.41, 5.74) is 17.4. The standard InChI is InChI=1S/C69H46N4O4/c74-68-58-36-45(40-71-66(58)54-22-10-13-25-64(54)76-68)29-27-43-33-44(28-30-46-37-59-67(72-41-46)55-23-11-14-26-65(55)77-69(59)75)35-49(34-43)51-19-7-8-20-52(51)60-42-70-61(47-15-3-1-4-16-47)39-56(60)48-31-32-63-57(38-48)53-21-9-12-24-62(53)73(63)50-17-5-2-6-18-50/h1-26,31-42H,27-30H2. The van der Waals surface area contributed by atoms with E-state index in [9.17, 15) is 9.59 Å². The molecule has 6 aromatic heterocycles. The fourth-order valence-corrected chi connectivity index (χ4v) is 11.3. The van der Waals surface area contributed by atoms with E-state index in [1.54, 1.807) is 12.1 Å². The Morgan fingerprint density at radius 3 is 1.52 bits per heavy atom. The Labute approximate surface area is 441 Å². The number of aromatic nitrogens is 4. The summed E-state index contributed by atoms with van der Waals surface area (Å²) in [6, 6.07) is 73.0. The van der Waals surface area contributed by atoms with Crippen LogP contribution >= 0.6 is 0 Å². The van der Waals surface area contributed by atoms with Crippen LogP contribution < -0.4 is 11.3 Å². The van der Waals surface area contributed by atoms with E-state index in [4.69, 9.17) is 23.8 Å². The van der Waals surface area contributed by atoms with E-state index in [-0.39, 0.29) is 0 Å². The molecule has 0 aliphatic carbocycles. The molecule has 8 nitrogen and oxygen atoms in total. The van der Waals surface area contributed by atoms with Crippen LogP contribution in [0.15, 0.2) is 249 Å². The van der Waals surface area contributed by atoms with Gasteiger partial charge in [0, 0.05) is 56.9 Å². The summed E-state index contributed by atoms with van der Waals surface area (Å²) in [4.78, 5) is 41.4. The SMILES string of the molecule is O=c1oc2ccccc2c2ncc(CCc3cc(CCc4cnc5c(c4)c(=O)oc4ccccc45)cc(-c4ccccc4-c4cnc(-c5ccccc5)cc4-c4ccc5c(c4)c4ccccc4n5-c4ccccc4)c3)cc12. The third-order valence-electron chi connectivity index (χ3n) is 15.0. The lowest BCUT2D eigenvalue weighted by molar-refractivity contribution is 0.569. The Morgan fingerprint density at radius 1 is 0.338 bits per heavy atom. The number of rotatable bonds is 11. The van der Waals surface area contributed by atoms with Crippen molar-refractivity contribution in [1.82, 2.24) is 19.5 Å². The predicted molar refractivity (Wildman–Crippen MR) is 311 cm³/mol. The molecule has 0 atom stereocenters. The second kappa shape index (κ2) is 19.0. The Balaban J connectivity index is 0.887. The molecule has 0 unspecified atom stereocenters. The zero-order valence-corrected chi connectivity index (χ0v) is 41.7. The lowest BCUT2D eigenvalue weighted by Crippen LogP contribution is -2.04. The third kappa shape index (κ3) is 8.33. The van der Waals surface area contributed by atoms with Gasteiger partial charge in [-0.3, -0.25) is 15.0 Å². The molecule has 0 bridgehead atoms. The minimum absolute atomic E-state index is 0.396. The van der Waals surface area contributed by atoms with Gasteiger partial charge in [-0.05, 0) is 149 Å². The van der Waals surface area contributed by atoms with Crippen molar-refractivity contribution in [1.29, 1.82) is 0 Å². The number of benzene rings is 8. The van der Waals surface area contributed by atoms with E-state index in [0.717, 1.165) is 94.4 Å². The van der Waals surface area contributed by atoms with Crippen LogP contribution in [0.25, 0.3) is 116 Å². The first-order valence-corrected chi connectivity index (χ1v) is 26.0. The molecule has 0 N–H and O–H groups in total. The maximum atomic E-state index is 13.3. The highest BCUT2D eigenvalue weighted by atomic mass is 16.4. The van der Waals surface area contributed by atoms with E-state index in [1.807, 2.05) is 73.2 Å². The normalized spacial score (nSPS) is 11.7. The minimum atomic E-state index is -0.396. The predicted octanol–water partition coefficient (Wildman–Crippen LogP) is 15.7. The first-order valence-electron chi connectivity index (χ1n) is 26.0. The zero-order chi connectivity index (χ0) is 51.4. The number of fused-ring (bicyclic) bond motifs is 9. The molecule has 8 heteroatoms. The summed E-state index contributed by atoms with van der Waals surface area (Å²) in [5.74, 6) is 0. The van der Waals surface area contributed by atoms with Crippen molar-refractivity contribution in [3.8, 4) is 50.3 Å². The second-order valence-corrected chi connectivity index (χ2v) is 19.7. The summed E-state index contributed by atoms with van der Waals surface area (Å²) in [6.45, 7) is 0. The summed E-state index contributed by atoms with van der Waals surface area (Å²) < 4.78 is 13.8. The van der Waals surface area contributed by atoms with Gasteiger partial charge < -0.3 is 13.4 Å². The molecule has 0 aliphatic heterocycles. The van der Waals surface area contributed by atoms with Gasteiger partial charge >= 0.3 is 11.3 Å². The average Bonchev–Trinajstić information content (AvgIpc) is 3.93. The van der Waals surface area contributed by atoms with Crippen LogP contribution in [0.4, 0.5) is 0 Å². The monoisotopic (exact) mass is 994 g/mol. The molecule has 0 amide bonds.